The van der Waals surface area contributed by atoms with Crippen molar-refractivity contribution in [1.29, 1.82) is 0 Å². The van der Waals surface area contributed by atoms with Crippen LogP contribution in [0.4, 0.5) is 5.69 Å². The molecule has 0 radical (unpaired) electrons. The second kappa shape index (κ2) is 14.8. The average Bonchev–Trinajstić information content (AvgIpc) is 3.53. The minimum absolute atomic E-state index is 0.0204. The molecule has 1 saturated heterocycles. The van der Waals surface area contributed by atoms with Crippen LogP contribution in [-0.4, -0.2) is 83.4 Å². The summed E-state index contributed by atoms with van der Waals surface area (Å²) in [5, 5.41) is 12.9. The molecular weight excluding hydrogens is 560 g/mol. The van der Waals surface area contributed by atoms with Crippen LogP contribution < -0.4 is 16.0 Å². The Kier molecular flexibility index (Phi) is 11.2. The van der Waals surface area contributed by atoms with Gasteiger partial charge in [-0.05, 0) is 56.8 Å². The number of carbonyl (C=O) groups is 4. The van der Waals surface area contributed by atoms with Crippen molar-refractivity contribution >= 4 is 29.3 Å². The molecule has 1 unspecified atom stereocenters. The Hall–Kier alpha value is -3.73. The standard InChI is InChI=1S/C33H48N6O5/c1-6-27-26(21-44-37-27)30(41)36-33(4,24-11-9-8-10-12-24)32(43)34-25-15-13-23(14-16-25)22(3)29(35-28(40)7-2)31(42)39-19-17-38(5)18-20-39/h13-16,21-22,24,29H,6-12,17-20H2,1-5H3,(H,34,43)(H,35,40)(H,36,41)/t22-,29+,33?/m0/s1. The number of aryl methyl sites for hydroxylation is 1. The number of anilines is 1. The summed E-state index contributed by atoms with van der Waals surface area (Å²) in [6, 6.07) is 6.68. The molecule has 3 N–H and O–H groups in total. The first kappa shape index (κ1) is 33.2. The normalized spacial score (nSPS) is 19.0. The number of nitrogens with one attached hydrogen (secondary N) is 3. The van der Waals surface area contributed by atoms with Gasteiger partial charge in [0.15, 0.2) is 0 Å². The number of carbonyl (C=O) groups excluding carboxylic acids is 4. The Bertz CT molecular complexity index is 1300. The van der Waals surface area contributed by atoms with Crippen LogP contribution in [-0.2, 0) is 20.8 Å². The van der Waals surface area contributed by atoms with Crippen molar-refractivity contribution in [3.05, 3.63) is 47.3 Å². The molecule has 11 heteroatoms. The van der Waals surface area contributed by atoms with Crippen LogP contribution in [0.5, 0.6) is 0 Å². The topological polar surface area (TPSA) is 137 Å². The van der Waals surface area contributed by atoms with Gasteiger partial charge in [0.2, 0.25) is 17.7 Å². The minimum atomic E-state index is -1.14. The zero-order valence-electron chi connectivity index (χ0n) is 26.8. The van der Waals surface area contributed by atoms with Crippen molar-refractivity contribution in [3.63, 3.8) is 0 Å². The highest BCUT2D eigenvalue weighted by molar-refractivity contribution is 6.04. The quantitative estimate of drug-likeness (QED) is 0.354. The molecule has 1 aliphatic heterocycles. The number of amides is 4. The second-order valence-corrected chi connectivity index (χ2v) is 12.4. The van der Waals surface area contributed by atoms with Crippen LogP contribution in [0.3, 0.4) is 0 Å². The van der Waals surface area contributed by atoms with Crippen molar-refractivity contribution in [1.82, 2.24) is 25.6 Å². The Balaban J connectivity index is 1.50. The number of hydrogen-bond donors (Lipinski definition) is 3. The first-order valence-corrected chi connectivity index (χ1v) is 16.0. The van der Waals surface area contributed by atoms with Crippen molar-refractivity contribution in [2.24, 2.45) is 5.92 Å². The van der Waals surface area contributed by atoms with Gasteiger partial charge < -0.3 is 30.3 Å². The average molecular weight is 609 g/mol. The van der Waals surface area contributed by atoms with Gasteiger partial charge in [0.05, 0.1) is 5.69 Å². The summed E-state index contributed by atoms with van der Waals surface area (Å²) in [6.07, 6.45) is 6.98. The first-order chi connectivity index (χ1) is 21.1. The van der Waals surface area contributed by atoms with Gasteiger partial charge in [-0.15, -0.1) is 0 Å². The van der Waals surface area contributed by atoms with Crippen LogP contribution >= 0.6 is 0 Å². The summed E-state index contributed by atoms with van der Waals surface area (Å²) in [5.41, 5.74) is 1.21. The molecule has 2 heterocycles. The maximum atomic E-state index is 13.9. The molecule has 1 aromatic carbocycles. The SMILES string of the molecule is CCC(=O)N[C@@H](C(=O)N1CCN(C)CC1)[C@@H](C)c1ccc(NC(=O)C(C)(NC(=O)c2conc2CC)C2CCCCC2)cc1. The predicted octanol–water partition coefficient (Wildman–Crippen LogP) is 3.72. The number of benzene rings is 1. The fourth-order valence-corrected chi connectivity index (χ4v) is 6.25. The monoisotopic (exact) mass is 608 g/mol. The van der Waals surface area contributed by atoms with Crippen LogP contribution in [0, 0.1) is 5.92 Å². The molecule has 2 aliphatic rings. The lowest BCUT2D eigenvalue weighted by molar-refractivity contribution is -0.138. The molecule has 0 spiro atoms. The minimum Gasteiger partial charge on any atom is -0.364 e. The van der Waals surface area contributed by atoms with Crippen LogP contribution in [0.25, 0.3) is 0 Å². The van der Waals surface area contributed by atoms with Gasteiger partial charge in [-0.1, -0.05) is 57.3 Å². The van der Waals surface area contributed by atoms with Gasteiger partial charge >= 0.3 is 0 Å². The number of rotatable bonds is 11. The van der Waals surface area contributed by atoms with Gasteiger partial charge in [-0.2, -0.15) is 0 Å². The third-order valence-electron chi connectivity index (χ3n) is 9.40. The highest BCUT2D eigenvalue weighted by Gasteiger charge is 2.43. The molecule has 2 fully saturated rings. The van der Waals surface area contributed by atoms with E-state index >= 15 is 0 Å². The van der Waals surface area contributed by atoms with Gasteiger partial charge in [-0.25, -0.2) is 0 Å². The molecule has 44 heavy (non-hydrogen) atoms. The molecule has 3 atom stereocenters. The molecule has 4 amide bonds. The molecule has 0 bridgehead atoms. The van der Waals surface area contributed by atoms with E-state index in [0.717, 1.165) is 50.8 Å². The lowest BCUT2D eigenvalue weighted by Gasteiger charge is -2.39. The maximum absolute atomic E-state index is 13.9. The highest BCUT2D eigenvalue weighted by Crippen LogP contribution is 2.34. The van der Waals surface area contributed by atoms with Gasteiger partial charge in [0.1, 0.15) is 23.4 Å². The molecule has 240 valence electrons. The van der Waals surface area contributed by atoms with Gasteiger partial charge in [-0.3, -0.25) is 19.2 Å². The molecule has 2 aromatic rings. The number of hydrogen-bond acceptors (Lipinski definition) is 7. The third kappa shape index (κ3) is 7.67. The Morgan fingerprint density at radius 1 is 1.02 bits per heavy atom. The first-order valence-electron chi connectivity index (χ1n) is 16.0. The fourth-order valence-electron chi connectivity index (χ4n) is 6.25. The van der Waals surface area contributed by atoms with E-state index in [-0.39, 0.29) is 41.9 Å². The summed E-state index contributed by atoms with van der Waals surface area (Å²) in [6.45, 7) is 10.2. The lowest BCUT2D eigenvalue weighted by Crippen LogP contribution is -2.59. The van der Waals surface area contributed by atoms with Crippen molar-refractivity contribution in [2.45, 2.75) is 90.1 Å². The van der Waals surface area contributed by atoms with Crippen molar-refractivity contribution in [3.8, 4) is 0 Å². The maximum Gasteiger partial charge on any atom is 0.257 e. The van der Waals surface area contributed by atoms with E-state index in [4.69, 9.17) is 4.52 Å². The van der Waals surface area contributed by atoms with Crippen molar-refractivity contribution in [2.75, 3.05) is 38.5 Å². The number of aromatic nitrogens is 1. The summed E-state index contributed by atoms with van der Waals surface area (Å²) < 4.78 is 5.04. The second-order valence-electron chi connectivity index (χ2n) is 12.4. The Morgan fingerprint density at radius 3 is 2.30 bits per heavy atom. The van der Waals surface area contributed by atoms with Gasteiger partial charge in [0, 0.05) is 44.2 Å². The van der Waals surface area contributed by atoms with E-state index in [2.05, 4.69) is 26.0 Å². The molecule has 1 saturated carbocycles. The van der Waals surface area contributed by atoms with Crippen LogP contribution in [0.15, 0.2) is 35.1 Å². The summed E-state index contributed by atoms with van der Waals surface area (Å²) in [4.78, 5) is 57.2. The zero-order chi connectivity index (χ0) is 31.9. The van der Waals surface area contributed by atoms with Crippen LogP contribution in [0.1, 0.15) is 93.8 Å². The summed E-state index contributed by atoms with van der Waals surface area (Å²) in [5.74, 6) is -1.22. The van der Waals surface area contributed by atoms with Crippen molar-refractivity contribution < 1.29 is 23.7 Å². The predicted molar refractivity (Wildman–Crippen MR) is 168 cm³/mol. The highest BCUT2D eigenvalue weighted by atomic mass is 16.5. The van der Waals surface area contributed by atoms with E-state index in [0.29, 0.717) is 36.5 Å². The van der Waals surface area contributed by atoms with E-state index in [9.17, 15) is 19.2 Å². The van der Waals surface area contributed by atoms with Gasteiger partial charge in [0.25, 0.3) is 5.91 Å². The molecule has 11 nitrogen and oxygen atoms in total. The Morgan fingerprint density at radius 2 is 1.68 bits per heavy atom. The number of likely N-dealkylation sites (N-methyl/N-ethyl adjacent to an activating group) is 1. The third-order valence-corrected chi connectivity index (χ3v) is 9.40. The van der Waals surface area contributed by atoms with E-state index in [1.807, 2.05) is 37.9 Å². The summed E-state index contributed by atoms with van der Waals surface area (Å²) in [7, 11) is 2.03. The van der Waals surface area contributed by atoms with E-state index in [1.54, 1.807) is 26.0 Å². The Labute approximate surface area is 260 Å². The molecular formula is C33H48N6O5. The van der Waals surface area contributed by atoms with E-state index < -0.39 is 11.6 Å². The molecule has 4 rings (SSSR count). The smallest absolute Gasteiger partial charge is 0.257 e. The summed E-state index contributed by atoms with van der Waals surface area (Å²) >= 11 is 0. The number of piperazine rings is 1. The molecule has 1 aromatic heterocycles. The molecule has 1 aliphatic carbocycles. The lowest BCUT2D eigenvalue weighted by atomic mass is 9.74. The fraction of sp³-hybridized carbons (Fsp3) is 0.606. The van der Waals surface area contributed by atoms with E-state index in [1.165, 1.54) is 6.26 Å². The number of nitrogens with zero attached hydrogens (tertiary/aromatic N) is 3. The largest absolute Gasteiger partial charge is 0.364 e. The van der Waals surface area contributed by atoms with Crippen LogP contribution in [0.2, 0.25) is 0 Å². The zero-order valence-corrected chi connectivity index (χ0v) is 26.8.